The van der Waals surface area contributed by atoms with Gasteiger partial charge in [0.15, 0.2) is 0 Å². The molecule has 1 aliphatic carbocycles. The van der Waals surface area contributed by atoms with Crippen LogP contribution in [0.4, 0.5) is 0 Å². The van der Waals surface area contributed by atoms with E-state index >= 15 is 0 Å². The lowest BCUT2D eigenvalue weighted by atomic mass is 9.67. The van der Waals surface area contributed by atoms with Gasteiger partial charge >= 0.3 is 0 Å². The Bertz CT molecular complexity index is 594. The van der Waals surface area contributed by atoms with Crippen LogP contribution in [0.3, 0.4) is 0 Å². The van der Waals surface area contributed by atoms with Crippen LogP contribution in [0.25, 0.3) is 10.9 Å². The summed E-state index contributed by atoms with van der Waals surface area (Å²) in [6, 6.07) is 11.0. The maximum Gasteiger partial charge on any atom is 0.0702 e. The number of nitrogens with zero attached hydrogens (tertiary/aromatic N) is 1. The minimum absolute atomic E-state index is 0.194. The molecular weight excluding hydrogens is 256 g/mol. The molecule has 0 amide bonds. The molecule has 0 radical (unpaired) electrons. The molecule has 1 fully saturated rings. The Morgan fingerprint density at radius 1 is 1.37 bits per heavy atom. The highest BCUT2D eigenvalue weighted by atomic mass is 35.5. The number of fused-ring (bicyclic) bond motifs is 1. The highest BCUT2D eigenvalue weighted by Gasteiger charge is 2.46. The summed E-state index contributed by atoms with van der Waals surface area (Å²) in [6.07, 6.45) is 2.89. The highest BCUT2D eigenvalue weighted by molar-refractivity contribution is 6.21. The summed E-state index contributed by atoms with van der Waals surface area (Å²) in [4.78, 5) is 4.34. The minimum Gasteiger partial charge on any atom is -0.309 e. The first-order valence-corrected chi connectivity index (χ1v) is 7.22. The Morgan fingerprint density at radius 2 is 2.21 bits per heavy atom. The third kappa shape index (κ3) is 2.35. The zero-order chi connectivity index (χ0) is 13.5. The predicted molar refractivity (Wildman–Crippen MR) is 80.4 cm³/mol. The van der Waals surface area contributed by atoms with Crippen LogP contribution in [0.15, 0.2) is 36.5 Å². The normalized spacial score (nSPS) is 25.2. The molecule has 2 atom stereocenters. The van der Waals surface area contributed by atoms with Crippen LogP contribution in [0.2, 0.25) is 0 Å². The molecular formula is C16H19ClN2. The summed E-state index contributed by atoms with van der Waals surface area (Å²) in [5.74, 6) is 0. The van der Waals surface area contributed by atoms with E-state index in [4.69, 9.17) is 11.6 Å². The molecule has 1 aromatic carbocycles. The zero-order valence-electron chi connectivity index (χ0n) is 11.4. The molecule has 19 heavy (non-hydrogen) atoms. The predicted octanol–water partition coefficient (Wildman–Crippen LogP) is 3.73. The molecule has 0 aliphatic heterocycles. The summed E-state index contributed by atoms with van der Waals surface area (Å²) < 4.78 is 0. The first-order chi connectivity index (χ1) is 9.07. The van der Waals surface area contributed by atoms with E-state index in [0.717, 1.165) is 18.5 Å². The number of hydrogen-bond donors (Lipinski definition) is 1. The van der Waals surface area contributed by atoms with Crippen LogP contribution >= 0.6 is 11.6 Å². The van der Waals surface area contributed by atoms with Gasteiger partial charge in [0.05, 0.1) is 5.52 Å². The van der Waals surface area contributed by atoms with Crippen molar-refractivity contribution in [2.45, 2.75) is 38.2 Å². The standard InChI is InChI=1S/C16H19ClN2/c1-16(2)14(17)9-15(16)19-10-11-5-6-13-12(8-11)4-3-7-18-13/h3-8,14-15,19H,9-10H2,1-2H3. The molecule has 2 nitrogen and oxygen atoms in total. The zero-order valence-corrected chi connectivity index (χ0v) is 12.1. The van der Waals surface area contributed by atoms with Gasteiger partial charge in [0.1, 0.15) is 0 Å². The maximum atomic E-state index is 6.25. The number of aromatic nitrogens is 1. The van der Waals surface area contributed by atoms with E-state index in [9.17, 15) is 0 Å². The van der Waals surface area contributed by atoms with E-state index in [1.165, 1.54) is 10.9 Å². The third-order valence-corrected chi connectivity index (χ3v) is 5.11. The van der Waals surface area contributed by atoms with E-state index in [-0.39, 0.29) is 5.41 Å². The molecule has 3 rings (SSSR count). The van der Waals surface area contributed by atoms with E-state index in [0.29, 0.717) is 11.4 Å². The van der Waals surface area contributed by atoms with E-state index < -0.39 is 0 Å². The molecule has 2 aromatic rings. The molecule has 1 heterocycles. The quantitative estimate of drug-likeness (QED) is 0.863. The van der Waals surface area contributed by atoms with Crippen molar-refractivity contribution >= 4 is 22.5 Å². The second-order valence-electron chi connectivity index (χ2n) is 5.99. The molecule has 1 aliphatic rings. The fourth-order valence-corrected chi connectivity index (χ4v) is 3.02. The molecule has 1 aromatic heterocycles. The van der Waals surface area contributed by atoms with Crippen LogP contribution < -0.4 is 5.32 Å². The van der Waals surface area contributed by atoms with Crippen molar-refractivity contribution in [1.29, 1.82) is 0 Å². The summed E-state index contributed by atoms with van der Waals surface area (Å²) in [7, 11) is 0. The van der Waals surface area contributed by atoms with Crippen molar-refractivity contribution in [3.8, 4) is 0 Å². The van der Waals surface area contributed by atoms with Crippen molar-refractivity contribution < 1.29 is 0 Å². The van der Waals surface area contributed by atoms with Gasteiger partial charge in [0.2, 0.25) is 0 Å². The molecule has 100 valence electrons. The van der Waals surface area contributed by atoms with Gasteiger partial charge in [0, 0.05) is 29.5 Å². The molecule has 0 spiro atoms. The average Bonchev–Trinajstić information content (AvgIpc) is 2.43. The fraction of sp³-hybridized carbons (Fsp3) is 0.438. The van der Waals surface area contributed by atoms with Crippen LogP contribution in [0.5, 0.6) is 0 Å². The average molecular weight is 275 g/mol. The summed E-state index contributed by atoms with van der Waals surface area (Å²) in [5.41, 5.74) is 2.55. The smallest absolute Gasteiger partial charge is 0.0702 e. The molecule has 2 unspecified atom stereocenters. The Balaban J connectivity index is 1.69. The van der Waals surface area contributed by atoms with E-state index in [1.807, 2.05) is 12.3 Å². The molecule has 3 heteroatoms. The van der Waals surface area contributed by atoms with Crippen molar-refractivity contribution in [1.82, 2.24) is 10.3 Å². The molecule has 0 saturated heterocycles. The van der Waals surface area contributed by atoms with Gasteiger partial charge in [-0.25, -0.2) is 0 Å². The Kier molecular flexibility index (Phi) is 3.23. The lowest BCUT2D eigenvalue weighted by molar-refractivity contribution is 0.115. The Labute approximate surface area is 119 Å². The van der Waals surface area contributed by atoms with Gasteiger partial charge in [-0.1, -0.05) is 26.0 Å². The Morgan fingerprint density at radius 3 is 2.95 bits per heavy atom. The number of benzene rings is 1. The van der Waals surface area contributed by atoms with Crippen LogP contribution in [0, 0.1) is 5.41 Å². The Hall–Kier alpha value is -1.12. The van der Waals surface area contributed by atoms with Crippen molar-refractivity contribution in [3.05, 3.63) is 42.1 Å². The van der Waals surface area contributed by atoms with Gasteiger partial charge in [-0.15, -0.1) is 11.6 Å². The first kappa shape index (κ1) is 12.9. The topological polar surface area (TPSA) is 24.9 Å². The van der Waals surface area contributed by atoms with Gasteiger partial charge in [-0.2, -0.15) is 0 Å². The number of rotatable bonds is 3. The summed E-state index contributed by atoms with van der Waals surface area (Å²) >= 11 is 6.25. The van der Waals surface area contributed by atoms with Crippen molar-refractivity contribution in [3.63, 3.8) is 0 Å². The number of hydrogen-bond acceptors (Lipinski definition) is 2. The minimum atomic E-state index is 0.194. The fourth-order valence-electron chi connectivity index (χ4n) is 2.69. The first-order valence-electron chi connectivity index (χ1n) is 6.78. The monoisotopic (exact) mass is 274 g/mol. The number of halogens is 1. The van der Waals surface area contributed by atoms with E-state index in [2.05, 4.69) is 48.4 Å². The van der Waals surface area contributed by atoms with Crippen LogP contribution in [-0.2, 0) is 6.54 Å². The van der Waals surface area contributed by atoms with Gasteiger partial charge in [0.25, 0.3) is 0 Å². The van der Waals surface area contributed by atoms with E-state index in [1.54, 1.807) is 0 Å². The van der Waals surface area contributed by atoms with Crippen LogP contribution in [-0.4, -0.2) is 16.4 Å². The number of alkyl halides is 1. The molecule has 1 N–H and O–H groups in total. The van der Waals surface area contributed by atoms with Gasteiger partial charge < -0.3 is 5.32 Å². The second-order valence-corrected chi connectivity index (χ2v) is 6.52. The summed E-state index contributed by atoms with van der Waals surface area (Å²) in [5, 5.41) is 5.11. The summed E-state index contributed by atoms with van der Waals surface area (Å²) in [6.45, 7) is 5.36. The molecule has 0 bridgehead atoms. The molecule has 1 saturated carbocycles. The lowest BCUT2D eigenvalue weighted by Gasteiger charge is -2.49. The van der Waals surface area contributed by atoms with Gasteiger partial charge in [-0.05, 0) is 35.6 Å². The lowest BCUT2D eigenvalue weighted by Crippen LogP contribution is -2.57. The second kappa shape index (κ2) is 4.77. The number of nitrogens with one attached hydrogen (secondary N) is 1. The van der Waals surface area contributed by atoms with Crippen molar-refractivity contribution in [2.24, 2.45) is 5.41 Å². The largest absolute Gasteiger partial charge is 0.309 e. The third-order valence-electron chi connectivity index (χ3n) is 4.37. The van der Waals surface area contributed by atoms with Crippen molar-refractivity contribution in [2.75, 3.05) is 0 Å². The number of pyridine rings is 1. The maximum absolute atomic E-state index is 6.25. The van der Waals surface area contributed by atoms with Gasteiger partial charge in [-0.3, -0.25) is 4.98 Å². The SMILES string of the molecule is CC1(C)C(Cl)CC1NCc1ccc2ncccc2c1. The van der Waals surface area contributed by atoms with Crippen LogP contribution in [0.1, 0.15) is 25.8 Å². The highest BCUT2D eigenvalue weighted by Crippen LogP contribution is 2.44.